The fourth-order valence-corrected chi connectivity index (χ4v) is 10.6. The minimum atomic E-state index is -1.79. The Morgan fingerprint density at radius 1 is 0.416 bits per heavy atom. The fraction of sp³-hybridized carbons (Fsp3) is 0.693. The van der Waals surface area contributed by atoms with E-state index in [1.807, 2.05) is 6.08 Å². The molecule has 0 aromatic rings. The summed E-state index contributed by atoms with van der Waals surface area (Å²) in [7, 11) is 0. The summed E-state index contributed by atoms with van der Waals surface area (Å²) in [5.74, 6) is -0.249. The van der Waals surface area contributed by atoms with E-state index in [9.17, 15) is 45.6 Å². The number of amides is 1. The second-order valence-electron chi connectivity index (χ2n) is 23.9. The molecule has 2 aliphatic heterocycles. The van der Waals surface area contributed by atoms with Crippen molar-refractivity contribution in [2.24, 2.45) is 0 Å². The maximum Gasteiger partial charge on any atom is 0.220 e. The van der Waals surface area contributed by atoms with Crippen molar-refractivity contribution in [2.75, 3.05) is 19.8 Å². The van der Waals surface area contributed by atoms with Crippen molar-refractivity contribution in [2.45, 2.75) is 312 Å². The molecule has 0 aromatic carbocycles. The first-order chi connectivity index (χ1) is 43.6. The third-order valence-electron chi connectivity index (χ3n) is 16.1. The van der Waals surface area contributed by atoms with Gasteiger partial charge in [-0.15, -0.1) is 0 Å². The summed E-state index contributed by atoms with van der Waals surface area (Å²) in [6.45, 7) is 2.67. The lowest BCUT2D eigenvalue weighted by Crippen LogP contribution is -2.65. The Morgan fingerprint density at radius 2 is 0.775 bits per heavy atom. The number of aliphatic hydroxyl groups excluding tert-OH is 8. The number of nitrogens with one attached hydrogen (secondary N) is 1. The smallest absolute Gasteiger partial charge is 0.220 e. The Morgan fingerprint density at radius 3 is 1.19 bits per heavy atom. The number of carbonyl (C=O) groups excluding carboxylic acids is 1. The first-order valence-corrected chi connectivity index (χ1v) is 34.9. The van der Waals surface area contributed by atoms with Crippen LogP contribution in [0.5, 0.6) is 0 Å². The van der Waals surface area contributed by atoms with Gasteiger partial charge in [0.15, 0.2) is 12.6 Å². The van der Waals surface area contributed by atoms with E-state index >= 15 is 0 Å². The van der Waals surface area contributed by atoms with Crippen molar-refractivity contribution in [3.63, 3.8) is 0 Å². The number of ether oxygens (including phenoxy) is 4. The van der Waals surface area contributed by atoms with Crippen LogP contribution in [-0.4, -0.2) is 140 Å². The molecule has 0 saturated carbocycles. The van der Waals surface area contributed by atoms with Gasteiger partial charge in [-0.25, -0.2) is 0 Å². The van der Waals surface area contributed by atoms with Gasteiger partial charge in [-0.05, 0) is 96.3 Å². The molecule has 2 heterocycles. The van der Waals surface area contributed by atoms with E-state index in [1.165, 1.54) is 103 Å². The number of allylic oxidation sites excluding steroid dienone is 21. The minimum absolute atomic E-state index is 0.249. The number of carbonyl (C=O) groups is 1. The summed E-state index contributed by atoms with van der Waals surface area (Å²) in [5.41, 5.74) is 0. The monoisotopic (exact) mass is 1250 g/mol. The molecular formula is C75H125NO13. The highest BCUT2D eigenvalue weighted by Gasteiger charge is 2.51. The molecule has 0 aliphatic carbocycles. The van der Waals surface area contributed by atoms with Crippen molar-refractivity contribution in [3.05, 3.63) is 134 Å². The van der Waals surface area contributed by atoms with Crippen LogP contribution < -0.4 is 5.32 Å². The Hall–Kier alpha value is -3.87. The van der Waals surface area contributed by atoms with E-state index in [-0.39, 0.29) is 18.9 Å². The van der Waals surface area contributed by atoms with E-state index in [4.69, 9.17) is 18.9 Å². The Bertz CT molecular complexity index is 2010. The Labute approximate surface area is 539 Å². The van der Waals surface area contributed by atoms with Gasteiger partial charge in [0.05, 0.1) is 32.0 Å². The highest BCUT2D eigenvalue weighted by atomic mass is 16.7. The molecule has 0 aromatic heterocycles. The number of unbranched alkanes of at least 4 members (excludes halogenated alkanes) is 22. The second kappa shape index (κ2) is 58.0. The highest BCUT2D eigenvalue weighted by molar-refractivity contribution is 5.76. The third-order valence-corrected chi connectivity index (χ3v) is 16.1. The standard InChI is InChI=1S/C75H125NO13/c1-3-5-7-9-11-13-15-17-19-20-21-22-23-24-25-26-27-28-29-30-31-32-33-34-35-36-37-38-39-40-41-42-43-44-45-47-49-51-53-55-57-59-67(80)76-63(64(79)58-56-54-52-50-48-46-18-16-14-12-10-8-6-4-2)62-86-74-72(85)70(83)73(66(61-78)88-74)89-75-71(84)69(82)68(81)65(60-77)87-75/h5,7,11,13,17,19,21-22,24-25,27-28,30-31,33-34,36-37,39-40,56,58,63-66,68-75,77-79,81-85H,3-4,6,8-10,12,14-16,18,20,23,26,29,32,35,38,41-55,57,59-62H2,1-2H3,(H,76,80)/b7-5-,13-11-,19-17-,22-21-,25-24-,28-27-,31-30-,34-33-,37-36-,40-39-,58-56+. The van der Waals surface area contributed by atoms with Crippen LogP contribution in [0.1, 0.15) is 239 Å². The molecule has 14 nitrogen and oxygen atoms in total. The van der Waals surface area contributed by atoms with Gasteiger partial charge in [0.1, 0.15) is 48.8 Å². The second-order valence-corrected chi connectivity index (χ2v) is 23.9. The topological polar surface area (TPSA) is 228 Å². The summed E-state index contributed by atoms with van der Waals surface area (Å²) >= 11 is 0. The zero-order valence-corrected chi connectivity index (χ0v) is 55.1. The van der Waals surface area contributed by atoms with Crippen LogP contribution in [0.3, 0.4) is 0 Å². The lowest BCUT2D eigenvalue weighted by molar-refractivity contribution is -0.359. The van der Waals surface area contributed by atoms with Gasteiger partial charge in [-0.1, -0.05) is 270 Å². The highest BCUT2D eigenvalue weighted by Crippen LogP contribution is 2.30. The van der Waals surface area contributed by atoms with Crippen LogP contribution in [0.25, 0.3) is 0 Å². The van der Waals surface area contributed by atoms with Gasteiger partial charge in [0.2, 0.25) is 5.91 Å². The molecule has 0 spiro atoms. The van der Waals surface area contributed by atoms with Gasteiger partial charge < -0.3 is 65.1 Å². The van der Waals surface area contributed by atoms with E-state index in [2.05, 4.69) is 141 Å². The summed E-state index contributed by atoms with van der Waals surface area (Å²) in [6.07, 6.45) is 69.3. The molecule has 12 unspecified atom stereocenters. The molecule has 9 N–H and O–H groups in total. The molecule has 1 amide bonds. The maximum absolute atomic E-state index is 13.3. The van der Waals surface area contributed by atoms with Crippen LogP contribution in [0.4, 0.5) is 0 Å². The molecule has 12 atom stereocenters. The van der Waals surface area contributed by atoms with Gasteiger partial charge in [0.25, 0.3) is 0 Å². The van der Waals surface area contributed by atoms with Crippen LogP contribution in [-0.2, 0) is 23.7 Å². The molecule has 0 bridgehead atoms. The van der Waals surface area contributed by atoms with Crippen LogP contribution in [0.15, 0.2) is 134 Å². The molecule has 89 heavy (non-hydrogen) atoms. The molecular weight excluding hydrogens is 1120 g/mol. The molecule has 0 radical (unpaired) electrons. The average molecular weight is 1250 g/mol. The largest absolute Gasteiger partial charge is 0.394 e. The first kappa shape index (κ1) is 81.2. The van der Waals surface area contributed by atoms with Crippen LogP contribution >= 0.6 is 0 Å². The summed E-state index contributed by atoms with van der Waals surface area (Å²) in [4.78, 5) is 13.3. The molecule has 2 rings (SSSR count). The summed E-state index contributed by atoms with van der Waals surface area (Å²) in [6, 6.07) is -0.925. The van der Waals surface area contributed by atoms with Crippen molar-refractivity contribution >= 4 is 5.91 Å². The predicted molar refractivity (Wildman–Crippen MR) is 364 cm³/mol. The quantitative estimate of drug-likeness (QED) is 0.0204. The van der Waals surface area contributed by atoms with Crippen molar-refractivity contribution in [1.29, 1.82) is 0 Å². The zero-order chi connectivity index (χ0) is 64.5. The van der Waals surface area contributed by atoms with Gasteiger partial charge in [0, 0.05) is 6.42 Å². The molecule has 2 aliphatic rings. The summed E-state index contributed by atoms with van der Waals surface area (Å²) in [5, 5.41) is 87.2. The molecule has 2 fully saturated rings. The van der Waals surface area contributed by atoms with Crippen molar-refractivity contribution < 1.29 is 64.6 Å². The lowest BCUT2D eigenvalue weighted by atomic mass is 9.97. The van der Waals surface area contributed by atoms with Gasteiger partial charge >= 0.3 is 0 Å². The number of rotatable bonds is 55. The van der Waals surface area contributed by atoms with Gasteiger partial charge in [-0.2, -0.15) is 0 Å². The predicted octanol–water partition coefficient (Wildman–Crippen LogP) is 14.3. The number of hydrogen-bond acceptors (Lipinski definition) is 13. The fourth-order valence-electron chi connectivity index (χ4n) is 10.6. The van der Waals surface area contributed by atoms with E-state index in [0.29, 0.717) is 6.42 Å². The van der Waals surface area contributed by atoms with Crippen LogP contribution in [0, 0.1) is 0 Å². The molecule has 2 saturated heterocycles. The van der Waals surface area contributed by atoms with Crippen LogP contribution in [0.2, 0.25) is 0 Å². The molecule has 14 heteroatoms. The Balaban J connectivity index is 1.61. The minimum Gasteiger partial charge on any atom is -0.394 e. The molecule has 508 valence electrons. The normalized spacial score (nSPS) is 23.9. The third kappa shape index (κ3) is 42.1. The maximum atomic E-state index is 13.3. The number of hydrogen-bond donors (Lipinski definition) is 9. The lowest BCUT2D eigenvalue weighted by Gasteiger charge is -2.46. The first-order valence-electron chi connectivity index (χ1n) is 34.9. The summed E-state index contributed by atoms with van der Waals surface area (Å²) < 4.78 is 22.8. The average Bonchev–Trinajstić information content (AvgIpc) is 2.74. The zero-order valence-electron chi connectivity index (χ0n) is 55.1. The van der Waals surface area contributed by atoms with E-state index < -0.39 is 86.8 Å². The van der Waals surface area contributed by atoms with Gasteiger partial charge in [-0.3, -0.25) is 4.79 Å². The van der Waals surface area contributed by atoms with E-state index in [1.54, 1.807) is 6.08 Å². The SMILES string of the molecule is CC/C=C\C/C=C\C/C=C\C/C=C\C/C=C\C/C=C\C/C=C\C/C=C\C/C=C\C/C=C\CCCCCCCCCCCCC(=O)NC(COC1OC(CO)C(OC2OC(CO)C(O)C(O)C2O)C(O)C1O)C(O)/C=C/CCCCCCCCCCCCCC. The Kier molecular flexibility index (Phi) is 52.9. The van der Waals surface area contributed by atoms with E-state index in [0.717, 1.165) is 109 Å². The number of aliphatic hydroxyl groups is 8. The van der Waals surface area contributed by atoms with Crippen molar-refractivity contribution in [1.82, 2.24) is 5.32 Å². The van der Waals surface area contributed by atoms with Crippen molar-refractivity contribution in [3.8, 4) is 0 Å².